The molecule has 2 unspecified atom stereocenters. The summed E-state index contributed by atoms with van der Waals surface area (Å²) in [6.07, 6.45) is 1.61. The summed E-state index contributed by atoms with van der Waals surface area (Å²) in [5, 5.41) is 3.87. The van der Waals surface area contributed by atoms with E-state index < -0.39 is 11.9 Å². The van der Waals surface area contributed by atoms with E-state index in [9.17, 15) is 9.18 Å². The first-order valence-electron chi connectivity index (χ1n) is 11.8. The molecule has 1 amide bonds. The number of nitrogens with two attached hydrogens (primary N) is 1. The van der Waals surface area contributed by atoms with Crippen LogP contribution in [0.1, 0.15) is 41.4 Å². The van der Waals surface area contributed by atoms with Gasteiger partial charge in [-0.1, -0.05) is 59.1 Å². The van der Waals surface area contributed by atoms with Crippen LogP contribution in [0.5, 0.6) is 5.75 Å². The average molecular weight is 573 g/mol. The number of rotatable bonds is 8. The van der Waals surface area contributed by atoms with E-state index in [2.05, 4.69) is 10.3 Å². The highest BCUT2D eigenvalue weighted by molar-refractivity contribution is 6.36. The summed E-state index contributed by atoms with van der Waals surface area (Å²) in [6, 6.07) is 19.0. The summed E-state index contributed by atoms with van der Waals surface area (Å²) in [7, 11) is 0. The fourth-order valence-electron chi connectivity index (χ4n) is 4.02. The molecule has 2 atom stereocenters. The lowest BCUT2D eigenvalue weighted by atomic mass is 10.0. The molecule has 3 aromatic carbocycles. The summed E-state index contributed by atoms with van der Waals surface area (Å²) < 4.78 is 20.0. The molecule has 9 heteroatoms. The number of halogens is 4. The number of ether oxygens (including phenoxy) is 1. The van der Waals surface area contributed by atoms with E-state index in [0.29, 0.717) is 28.3 Å². The van der Waals surface area contributed by atoms with Crippen LogP contribution in [0, 0.1) is 5.82 Å². The monoisotopic (exact) mass is 571 g/mol. The highest BCUT2D eigenvalue weighted by atomic mass is 35.5. The predicted molar refractivity (Wildman–Crippen MR) is 152 cm³/mol. The fraction of sp³-hybridized carbons (Fsp3) is 0.172. The summed E-state index contributed by atoms with van der Waals surface area (Å²) in [5.41, 5.74) is 9.50. The van der Waals surface area contributed by atoms with Crippen molar-refractivity contribution in [3.8, 4) is 16.9 Å². The molecule has 0 saturated carbocycles. The van der Waals surface area contributed by atoms with Gasteiger partial charge in [0.05, 0.1) is 5.02 Å². The maximum absolute atomic E-state index is 14.0. The molecule has 38 heavy (non-hydrogen) atoms. The number of benzene rings is 3. The minimum Gasteiger partial charge on any atom is -0.482 e. The van der Waals surface area contributed by atoms with Gasteiger partial charge in [0.25, 0.3) is 5.91 Å². The Balaban J connectivity index is 1.45. The number of anilines is 1. The van der Waals surface area contributed by atoms with Crippen molar-refractivity contribution < 1.29 is 13.9 Å². The Bertz CT molecular complexity index is 1450. The van der Waals surface area contributed by atoms with E-state index in [-0.39, 0.29) is 27.8 Å². The zero-order valence-corrected chi connectivity index (χ0v) is 22.9. The molecule has 0 spiro atoms. The Morgan fingerprint density at radius 1 is 1.00 bits per heavy atom. The van der Waals surface area contributed by atoms with E-state index >= 15 is 0 Å². The van der Waals surface area contributed by atoms with Crippen LogP contribution < -0.4 is 15.8 Å². The number of aromatic nitrogens is 1. The summed E-state index contributed by atoms with van der Waals surface area (Å²) in [5.74, 6) is -0.306. The molecule has 4 rings (SSSR count). The second kappa shape index (κ2) is 12.0. The van der Waals surface area contributed by atoms with Crippen molar-refractivity contribution in [3.05, 3.63) is 111 Å². The van der Waals surface area contributed by atoms with Crippen LogP contribution in [0.25, 0.3) is 11.1 Å². The molecule has 0 fully saturated rings. The quantitative estimate of drug-likeness (QED) is 0.210. The van der Waals surface area contributed by atoms with Gasteiger partial charge in [0, 0.05) is 39.0 Å². The third-order valence-corrected chi connectivity index (χ3v) is 6.95. The lowest BCUT2D eigenvalue weighted by Gasteiger charge is -2.19. The second-order valence-corrected chi connectivity index (χ2v) is 10.1. The molecule has 0 saturated heterocycles. The first-order valence-corrected chi connectivity index (χ1v) is 13.0. The SMILES string of the molecule is CC(Cc1ccc(Cl)cc1)NC(=O)c1ccc(-c2cnc(N)c(OC(C)c3c(Cl)ccc(F)c3Cl)c2)cc1. The number of amides is 1. The van der Waals surface area contributed by atoms with Gasteiger partial charge in [0.2, 0.25) is 0 Å². The molecule has 0 aliphatic heterocycles. The van der Waals surface area contributed by atoms with Crippen molar-refractivity contribution >= 4 is 46.5 Å². The molecular formula is C29H25Cl3FN3O2. The Labute approximate surface area is 235 Å². The Morgan fingerprint density at radius 2 is 1.68 bits per heavy atom. The van der Waals surface area contributed by atoms with Crippen molar-refractivity contribution in [3.63, 3.8) is 0 Å². The van der Waals surface area contributed by atoms with Crippen molar-refractivity contribution in [2.75, 3.05) is 5.73 Å². The van der Waals surface area contributed by atoms with E-state index in [1.807, 2.05) is 43.3 Å². The van der Waals surface area contributed by atoms with Gasteiger partial charge in [-0.3, -0.25) is 4.79 Å². The smallest absolute Gasteiger partial charge is 0.251 e. The number of nitrogens with zero attached hydrogens (tertiary/aromatic N) is 1. The standard InChI is InChI=1S/C29H25Cl3FN3O2/c1-16(13-18-3-9-22(30)10-4-18)36-29(37)20-7-5-19(6-8-20)21-14-25(28(34)35-15-21)38-17(2)26-23(31)11-12-24(33)27(26)32/h3-12,14-17H,13H2,1-2H3,(H2,34,35)(H,36,37). The lowest BCUT2D eigenvalue weighted by molar-refractivity contribution is 0.0940. The van der Waals surface area contributed by atoms with Crippen molar-refractivity contribution in [2.45, 2.75) is 32.4 Å². The number of hydrogen-bond acceptors (Lipinski definition) is 4. The molecular weight excluding hydrogens is 548 g/mol. The molecule has 3 N–H and O–H groups in total. The topological polar surface area (TPSA) is 77.2 Å². The number of nitrogens with one attached hydrogen (secondary N) is 1. The number of carbonyl (C=O) groups is 1. The van der Waals surface area contributed by atoms with Crippen LogP contribution in [-0.4, -0.2) is 16.9 Å². The number of nitrogen functional groups attached to an aromatic ring is 1. The van der Waals surface area contributed by atoms with Gasteiger partial charge in [-0.25, -0.2) is 9.37 Å². The van der Waals surface area contributed by atoms with E-state index in [4.69, 9.17) is 45.3 Å². The van der Waals surface area contributed by atoms with E-state index in [1.165, 1.54) is 12.1 Å². The molecule has 196 valence electrons. The van der Waals surface area contributed by atoms with Gasteiger partial charge in [-0.15, -0.1) is 0 Å². The zero-order valence-electron chi connectivity index (χ0n) is 20.6. The van der Waals surface area contributed by atoms with Gasteiger partial charge >= 0.3 is 0 Å². The largest absolute Gasteiger partial charge is 0.482 e. The Morgan fingerprint density at radius 3 is 2.37 bits per heavy atom. The first-order chi connectivity index (χ1) is 18.1. The molecule has 5 nitrogen and oxygen atoms in total. The number of pyridine rings is 1. The maximum atomic E-state index is 14.0. The van der Waals surface area contributed by atoms with Crippen LogP contribution in [0.2, 0.25) is 15.1 Å². The third-order valence-electron chi connectivity index (χ3n) is 5.98. The maximum Gasteiger partial charge on any atom is 0.251 e. The third kappa shape index (κ3) is 6.57. The normalized spacial score (nSPS) is 12.6. The Kier molecular flexibility index (Phi) is 8.77. The molecule has 0 aliphatic carbocycles. The highest BCUT2D eigenvalue weighted by Crippen LogP contribution is 2.37. The van der Waals surface area contributed by atoms with Gasteiger partial charge in [0.15, 0.2) is 11.6 Å². The molecule has 1 heterocycles. The van der Waals surface area contributed by atoms with Crippen LogP contribution >= 0.6 is 34.8 Å². The predicted octanol–water partition coefficient (Wildman–Crippen LogP) is 7.93. The van der Waals surface area contributed by atoms with Crippen LogP contribution in [-0.2, 0) is 6.42 Å². The zero-order chi connectivity index (χ0) is 27.4. The lowest BCUT2D eigenvalue weighted by Crippen LogP contribution is -2.34. The van der Waals surface area contributed by atoms with Crippen molar-refractivity contribution in [2.24, 2.45) is 0 Å². The number of carbonyl (C=O) groups excluding carboxylic acids is 1. The Hall–Kier alpha value is -3.32. The van der Waals surface area contributed by atoms with E-state index in [0.717, 1.165) is 16.7 Å². The fourth-order valence-corrected chi connectivity index (χ4v) is 4.82. The van der Waals surface area contributed by atoms with Crippen LogP contribution in [0.15, 0.2) is 72.9 Å². The molecule has 4 aromatic rings. The van der Waals surface area contributed by atoms with E-state index in [1.54, 1.807) is 31.3 Å². The van der Waals surface area contributed by atoms with Gasteiger partial charge in [-0.2, -0.15) is 0 Å². The molecule has 0 aliphatic rings. The summed E-state index contributed by atoms with van der Waals surface area (Å²) >= 11 is 18.3. The summed E-state index contributed by atoms with van der Waals surface area (Å²) in [6.45, 7) is 3.65. The van der Waals surface area contributed by atoms with Gasteiger partial charge in [0.1, 0.15) is 11.9 Å². The molecule has 1 aromatic heterocycles. The highest BCUT2D eigenvalue weighted by Gasteiger charge is 2.20. The minimum absolute atomic E-state index is 0.0635. The molecule has 0 bridgehead atoms. The van der Waals surface area contributed by atoms with Crippen LogP contribution in [0.3, 0.4) is 0 Å². The first kappa shape index (κ1) is 27.7. The van der Waals surface area contributed by atoms with Gasteiger partial charge < -0.3 is 15.8 Å². The second-order valence-electron chi connectivity index (χ2n) is 8.91. The van der Waals surface area contributed by atoms with Crippen molar-refractivity contribution in [1.29, 1.82) is 0 Å². The summed E-state index contributed by atoms with van der Waals surface area (Å²) in [4.78, 5) is 17.0. The molecule has 0 radical (unpaired) electrons. The number of hydrogen-bond donors (Lipinski definition) is 2. The minimum atomic E-state index is -0.689. The van der Waals surface area contributed by atoms with Gasteiger partial charge in [-0.05, 0) is 73.9 Å². The average Bonchev–Trinajstić information content (AvgIpc) is 2.89. The van der Waals surface area contributed by atoms with Crippen LogP contribution in [0.4, 0.5) is 10.2 Å². The van der Waals surface area contributed by atoms with Crippen molar-refractivity contribution in [1.82, 2.24) is 10.3 Å².